The van der Waals surface area contributed by atoms with Crippen LogP contribution in [0, 0.1) is 5.92 Å². The van der Waals surface area contributed by atoms with Gasteiger partial charge >= 0.3 is 6.18 Å². The summed E-state index contributed by atoms with van der Waals surface area (Å²) in [7, 11) is 1.48. The predicted molar refractivity (Wildman–Crippen MR) is 113 cm³/mol. The molecule has 1 fully saturated rings. The van der Waals surface area contributed by atoms with Crippen LogP contribution in [0.2, 0.25) is 10.0 Å². The molecular formula is C20H19Cl2F3N4O2. The summed E-state index contributed by atoms with van der Waals surface area (Å²) in [5.74, 6) is -0.614. The Morgan fingerprint density at radius 3 is 2.39 bits per heavy atom. The molecule has 1 aliphatic heterocycles. The molecule has 0 bridgehead atoms. The maximum atomic E-state index is 12.8. The van der Waals surface area contributed by atoms with Crippen LogP contribution in [0.15, 0.2) is 30.5 Å². The number of hydrogen-bond donors (Lipinski definition) is 2. The summed E-state index contributed by atoms with van der Waals surface area (Å²) < 4.78 is 38.4. The van der Waals surface area contributed by atoms with Gasteiger partial charge in [-0.25, -0.2) is 4.98 Å². The quantitative estimate of drug-likeness (QED) is 0.677. The van der Waals surface area contributed by atoms with Crippen LogP contribution >= 0.6 is 23.2 Å². The number of benzene rings is 1. The molecule has 0 unspecified atom stereocenters. The molecule has 0 spiro atoms. The first kappa shape index (κ1) is 23.1. The Morgan fingerprint density at radius 1 is 1.13 bits per heavy atom. The molecule has 31 heavy (non-hydrogen) atoms. The predicted octanol–water partition coefficient (Wildman–Crippen LogP) is 4.62. The van der Waals surface area contributed by atoms with E-state index in [1.165, 1.54) is 19.2 Å². The normalized spacial score (nSPS) is 15.0. The van der Waals surface area contributed by atoms with E-state index >= 15 is 0 Å². The summed E-state index contributed by atoms with van der Waals surface area (Å²) in [6.45, 7) is 0.834. The molecule has 166 valence electrons. The number of nitrogens with one attached hydrogen (secondary N) is 2. The number of piperidine rings is 1. The van der Waals surface area contributed by atoms with Crippen LogP contribution < -0.4 is 15.5 Å². The molecule has 1 aromatic carbocycles. The van der Waals surface area contributed by atoms with Gasteiger partial charge in [0.25, 0.3) is 5.91 Å². The number of carbonyl (C=O) groups is 2. The Balaban J connectivity index is 1.62. The molecule has 0 atom stereocenters. The lowest BCUT2D eigenvalue weighted by molar-refractivity contribution is -0.137. The summed E-state index contributed by atoms with van der Waals surface area (Å²) in [6, 6.07) is 5.49. The van der Waals surface area contributed by atoms with Crippen LogP contribution in [0.25, 0.3) is 0 Å². The number of anilines is 2. The lowest BCUT2D eigenvalue weighted by Crippen LogP contribution is -2.38. The third kappa shape index (κ3) is 5.40. The molecule has 0 radical (unpaired) electrons. The van der Waals surface area contributed by atoms with E-state index in [1.807, 2.05) is 0 Å². The lowest BCUT2D eigenvalue weighted by atomic mass is 9.95. The van der Waals surface area contributed by atoms with Gasteiger partial charge in [0, 0.05) is 37.9 Å². The third-order valence-electron chi connectivity index (χ3n) is 5.02. The van der Waals surface area contributed by atoms with Gasteiger partial charge < -0.3 is 15.5 Å². The SMILES string of the molecule is CNC(=O)c1cc(NC(=O)C2CCN(c3ncc(C(F)(F)F)cc3Cl)CC2)ccc1Cl. The van der Waals surface area contributed by atoms with E-state index in [0.29, 0.717) is 31.6 Å². The van der Waals surface area contributed by atoms with Gasteiger partial charge in [0.2, 0.25) is 5.91 Å². The molecule has 0 aliphatic carbocycles. The number of alkyl halides is 3. The largest absolute Gasteiger partial charge is 0.417 e. The van der Waals surface area contributed by atoms with E-state index in [2.05, 4.69) is 15.6 Å². The fourth-order valence-electron chi connectivity index (χ4n) is 3.33. The van der Waals surface area contributed by atoms with Crippen molar-refractivity contribution in [3.05, 3.63) is 51.6 Å². The number of rotatable bonds is 4. The molecule has 2 N–H and O–H groups in total. The second-order valence-electron chi connectivity index (χ2n) is 7.05. The topological polar surface area (TPSA) is 74.3 Å². The highest BCUT2D eigenvalue weighted by Gasteiger charge is 2.33. The van der Waals surface area contributed by atoms with E-state index in [4.69, 9.17) is 23.2 Å². The molecule has 1 saturated heterocycles. The van der Waals surface area contributed by atoms with Gasteiger partial charge in [-0.3, -0.25) is 9.59 Å². The van der Waals surface area contributed by atoms with Crippen molar-refractivity contribution >= 4 is 46.5 Å². The van der Waals surface area contributed by atoms with Gasteiger partial charge in [0.05, 0.1) is 21.2 Å². The fraction of sp³-hybridized carbons (Fsp3) is 0.350. The molecule has 2 heterocycles. The fourth-order valence-corrected chi connectivity index (χ4v) is 3.82. The van der Waals surface area contributed by atoms with Crippen LogP contribution in [-0.2, 0) is 11.0 Å². The Bertz CT molecular complexity index is 993. The van der Waals surface area contributed by atoms with Gasteiger partial charge in [-0.05, 0) is 37.1 Å². The molecule has 11 heteroatoms. The molecule has 1 aromatic heterocycles. The van der Waals surface area contributed by atoms with Crippen molar-refractivity contribution in [3.63, 3.8) is 0 Å². The molecule has 2 aromatic rings. The van der Waals surface area contributed by atoms with Gasteiger partial charge in [-0.15, -0.1) is 0 Å². The van der Waals surface area contributed by atoms with E-state index in [0.717, 1.165) is 12.3 Å². The molecule has 3 rings (SSSR count). The number of aromatic nitrogens is 1. The highest BCUT2D eigenvalue weighted by atomic mass is 35.5. The zero-order valence-electron chi connectivity index (χ0n) is 16.4. The van der Waals surface area contributed by atoms with Gasteiger partial charge in [0.1, 0.15) is 5.82 Å². The Morgan fingerprint density at radius 2 is 1.81 bits per heavy atom. The van der Waals surface area contributed by atoms with Crippen molar-refractivity contribution < 1.29 is 22.8 Å². The van der Waals surface area contributed by atoms with E-state index in [-0.39, 0.29) is 39.2 Å². The van der Waals surface area contributed by atoms with Gasteiger partial charge in [0.15, 0.2) is 0 Å². The van der Waals surface area contributed by atoms with E-state index in [1.54, 1.807) is 11.0 Å². The summed E-state index contributed by atoms with van der Waals surface area (Å²) >= 11 is 12.0. The van der Waals surface area contributed by atoms with Crippen molar-refractivity contribution in [2.24, 2.45) is 5.92 Å². The Hall–Kier alpha value is -2.52. The summed E-state index contributed by atoms with van der Waals surface area (Å²) in [4.78, 5) is 30.1. The second kappa shape index (κ2) is 9.32. The average Bonchev–Trinajstić information content (AvgIpc) is 2.74. The summed E-state index contributed by atoms with van der Waals surface area (Å²) in [6.07, 6.45) is -2.81. The molecule has 1 aliphatic rings. The maximum Gasteiger partial charge on any atom is 0.417 e. The number of carbonyl (C=O) groups excluding carboxylic acids is 2. The first-order valence-corrected chi connectivity index (χ1v) is 10.2. The maximum absolute atomic E-state index is 12.8. The minimum atomic E-state index is -4.51. The van der Waals surface area contributed by atoms with Crippen molar-refractivity contribution in [2.75, 3.05) is 30.4 Å². The Labute approximate surface area is 186 Å². The zero-order valence-corrected chi connectivity index (χ0v) is 17.9. The Kier molecular flexibility index (Phi) is 6.96. The number of nitrogens with zero attached hydrogens (tertiary/aromatic N) is 2. The highest BCUT2D eigenvalue weighted by Crippen LogP contribution is 2.34. The van der Waals surface area contributed by atoms with Gasteiger partial charge in [-0.2, -0.15) is 13.2 Å². The molecule has 0 saturated carbocycles. The third-order valence-corrected chi connectivity index (χ3v) is 5.63. The second-order valence-corrected chi connectivity index (χ2v) is 7.87. The van der Waals surface area contributed by atoms with Crippen LogP contribution in [0.4, 0.5) is 24.7 Å². The van der Waals surface area contributed by atoms with Crippen molar-refractivity contribution in [3.8, 4) is 0 Å². The smallest absolute Gasteiger partial charge is 0.355 e. The number of amides is 2. The number of pyridine rings is 1. The molecule has 6 nitrogen and oxygen atoms in total. The molecular weight excluding hydrogens is 456 g/mol. The summed E-state index contributed by atoms with van der Waals surface area (Å²) in [5, 5.41) is 5.45. The number of halogens is 5. The van der Waals surface area contributed by atoms with Crippen molar-refractivity contribution in [1.82, 2.24) is 10.3 Å². The zero-order chi connectivity index (χ0) is 22.8. The van der Waals surface area contributed by atoms with E-state index < -0.39 is 11.7 Å². The first-order valence-electron chi connectivity index (χ1n) is 9.40. The molecule has 2 amide bonds. The highest BCUT2D eigenvalue weighted by molar-refractivity contribution is 6.34. The number of hydrogen-bond acceptors (Lipinski definition) is 4. The van der Waals surface area contributed by atoms with Crippen LogP contribution in [0.1, 0.15) is 28.8 Å². The van der Waals surface area contributed by atoms with Crippen molar-refractivity contribution in [1.29, 1.82) is 0 Å². The van der Waals surface area contributed by atoms with Crippen LogP contribution in [0.3, 0.4) is 0 Å². The first-order chi connectivity index (χ1) is 14.6. The standard InChI is InChI=1S/C20H19Cl2F3N4O2/c1-26-19(31)14-9-13(2-3-15(14)21)28-18(30)11-4-6-29(7-5-11)17-16(22)8-12(10-27-17)20(23,24)25/h2-3,8-11H,4-7H2,1H3,(H,26,31)(H,28,30). The van der Waals surface area contributed by atoms with Crippen LogP contribution in [0.5, 0.6) is 0 Å². The monoisotopic (exact) mass is 474 g/mol. The minimum Gasteiger partial charge on any atom is -0.355 e. The van der Waals surface area contributed by atoms with Gasteiger partial charge in [-0.1, -0.05) is 23.2 Å². The van der Waals surface area contributed by atoms with Crippen LogP contribution in [-0.4, -0.2) is 36.9 Å². The minimum absolute atomic E-state index is 0.0828. The lowest BCUT2D eigenvalue weighted by Gasteiger charge is -2.32. The van der Waals surface area contributed by atoms with E-state index in [9.17, 15) is 22.8 Å². The summed E-state index contributed by atoms with van der Waals surface area (Å²) in [5.41, 5.74) is -0.211. The van der Waals surface area contributed by atoms with Crippen molar-refractivity contribution in [2.45, 2.75) is 19.0 Å². The average molecular weight is 475 g/mol.